The number of rotatable bonds is 26. The molecule has 333 valence electrons. The Kier molecular flexibility index (Phi) is 22.3. The first-order valence-corrected chi connectivity index (χ1v) is 20.8. The summed E-state index contributed by atoms with van der Waals surface area (Å²) in [5.74, 6) is -6.96. The number of thiol groups is 1. The quantitative estimate of drug-likeness (QED) is 0.0289. The zero-order chi connectivity index (χ0) is 44.2. The summed E-state index contributed by atoms with van der Waals surface area (Å²) in [5, 5.41) is 38.6. The number of nitrogens with two attached hydrogens (primary N) is 2. The number of nitrogens with zero attached hydrogens (tertiary/aromatic N) is 1. The van der Waals surface area contributed by atoms with Gasteiger partial charge in [0.25, 0.3) is 0 Å². The second-order valence-electron chi connectivity index (χ2n) is 15.0. The number of aliphatic hydroxyl groups is 2. The molecule has 13 N–H and O–H groups in total. The summed E-state index contributed by atoms with van der Waals surface area (Å²) in [7, 11) is 0. The van der Waals surface area contributed by atoms with Gasteiger partial charge in [0.05, 0.1) is 24.8 Å². The summed E-state index contributed by atoms with van der Waals surface area (Å²) >= 11 is 4.15. The summed E-state index contributed by atoms with van der Waals surface area (Å²) < 4.78 is 0. The smallest absolute Gasteiger partial charge is 0.246 e. The van der Waals surface area contributed by atoms with E-state index in [1.165, 1.54) is 11.8 Å². The molecule has 0 aliphatic carbocycles. The third-order valence-corrected chi connectivity index (χ3v) is 10.8. The third kappa shape index (κ3) is 16.0. The van der Waals surface area contributed by atoms with Crippen molar-refractivity contribution in [3.05, 3.63) is 0 Å². The highest BCUT2D eigenvalue weighted by atomic mass is 32.1. The van der Waals surface area contributed by atoms with Crippen LogP contribution in [0.1, 0.15) is 85.0 Å². The van der Waals surface area contributed by atoms with E-state index in [2.05, 4.69) is 49.8 Å². The average Bonchev–Trinajstić information content (AvgIpc) is 3.93. The molecule has 2 rings (SSSR count). The topological polar surface area (TPSA) is 334 Å². The van der Waals surface area contributed by atoms with Gasteiger partial charge in [-0.25, -0.2) is 0 Å². The highest BCUT2D eigenvalue weighted by Crippen LogP contribution is 2.20. The molecule has 0 aromatic heterocycles. The van der Waals surface area contributed by atoms with E-state index in [1.807, 2.05) is 13.2 Å². The van der Waals surface area contributed by atoms with Crippen LogP contribution in [0, 0.1) is 5.92 Å². The first-order chi connectivity index (χ1) is 28.0. The number of carbonyl (C=O) groups excluding carboxylic acids is 9. The van der Waals surface area contributed by atoms with Crippen LogP contribution >= 0.6 is 12.6 Å². The predicted molar refractivity (Wildman–Crippen MR) is 216 cm³/mol. The van der Waals surface area contributed by atoms with Gasteiger partial charge in [-0.05, 0) is 77.3 Å². The second kappa shape index (κ2) is 26.0. The SMILES string of the molecule is CC[C@H](C)[C@H](NC(=O)[C@H](CO)NC(=O)[C@H](CCCCN)NC(=O)[C@@H](NC(=O)[C@H](CS)NC(=O)[C@H](CCC(N)=O)NC(=O)[C@@H]1CCCN1)[C@@H](C)O)C(=O)N1CCC[C@H]1[C]=O. The monoisotopic (exact) mass is 855 g/mol. The number of hydrogen-bond acceptors (Lipinski definition) is 14. The zero-order valence-electron chi connectivity index (χ0n) is 34.0. The van der Waals surface area contributed by atoms with E-state index in [1.54, 1.807) is 6.92 Å². The molecule has 21 nitrogen and oxygen atoms in total. The van der Waals surface area contributed by atoms with Crippen LogP contribution in [0.5, 0.6) is 0 Å². The Hall–Kier alpha value is -4.38. The van der Waals surface area contributed by atoms with Gasteiger partial charge < -0.3 is 63.8 Å². The Labute approximate surface area is 349 Å². The van der Waals surface area contributed by atoms with Crippen LogP contribution in [0.15, 0.2) is 0 Å². The van der Waals surface area contributed by atoms with E-state index in [-0.39, 0.29) is 37.5 Å². The van der Waals surface area contributed by atoms with Crippen molar-refractivity contribution in [2.75, 3.05) is 32.0 Å². The minimum Gasteiger partial charge on any atom is -0.394 e. The fraction of sp³-hybridized carbons (Fsp3) is 0.757. The Morgan fingerprint density at radius 3 is 1.95 bits per heavy atom. The lowest BCUT2D eigenvalue weighted by Crippen LogP contribution is -2.62. The van der Waals surface area contributed by atoms with E-state index in [4.69, 9.17) is 11.5 Å². The average molecular weight is 856 g/mol. The van der Waals surface area contributed by atoms with Crippen LogP contribution in [-0.2, 0) is 43.2 Å². The molecule has 2 heterocycles. The molecule has 0 unspecified atom stereocenters. The van der Waals surface area contributed by atoms with Crippen molar-refractivity contribution in [1.29, 1.82) is 0 Å². The molecule has 1 radical (unpaired) electrons. The van der Waals surface area contributed by atoms with E-state index in [0.29, 0.717) is 51.6 Å². The maximum atomic E-state index is 13.6. The summed E-state index contributed by atoms with van der Waals surface area (Å²) in [6, 6.07) is -9.63. The molecule has 59 heavy (non-hydrogen) atoms. The van der Waals surface area contributed by atoms with Crippen LogP contribution in [0.25, 0.3) is 0 Å². The molecule has 0 aromatic carbocycles. The summed E-state index contributed by atoms with van der Waals surface area (Å²) in [4.78, 5) is 118. The highest BCUT2D eigenvalue weighted by Gasteiger charge is 2.39. The van der Waals surface area contributed by atoms with Gasteiger partial charge in [0.2, 0.25) is 53.5 Å². The van der Waals surface area contributed by atoms with Gasteiger partial charge in [-0.3, -0.25) is 43.2 Å². The van der Waals surface area contributed by atoms with Crippen molar-refractivity contribution >= 4 is 66.2 Å². The first-order valence-electron chi connectivity index (χ1n) is 20.1. The number of primary amides is 1. The molecule has 0 bridgehead atoms. The first kappa shape index (κ1) is 50.8. The molecule has 8 amide bonds. The minimum absolute atomic E-state index is 0.00828. The number of amides is 8. The van der Waals surface area contributed by atoms with Crippen LogP contribution in [0.2, 0.25) is 0 Å². The third-order valence-electron chi connectivity index (χ3n) is 10.4. The standard InChI is InChI=1S/C37H63N10O11S/c1-4-20(2)29(37(58)47-16-8-9-22(47)17-48)45-34(55)26(18-49)43-32(53)24(10-5-6-14-38)42-36(57)30(21(3)50)46-35(56)27(19-59)44-33(54)25(12-13-28(39)51)41-31(52)23-11-7-15-40-23/h20-27,29-30,40,49-50,59H,4-16,18-19,38H2,1-3H3,(H2,39,51)(H,41,52)(H,42,57)(H,43,53)(H,44,54)(H,45,55)(H,46,56)/t20-,21+,22-,23-,24-,25-,26-,27-,29-,30-/m0/s1. The van der Waals surface area contributed by atoms with Gasteiger partial charge in [-0.1, -0.05) is 20.3 Å². The van der Waals surface area contributed by atoms with Gasteiger partial charge in [0.1, 0.15) is 36.3 Å². The second-order valence-corrected chi connectivity index (χ2v) is 15.3. The normalized spacial score (nSPS) is 20.4. The fourth-order valence-corrected chi connectivity index (χ4v) is 6.88. The zero-order valence-corrected chi connectivity index (χ0v) is 34.9. The van der Waals surface area contributed by atoms with Crippen molar-refractivity contribution < 1.29 is 53.4 Å². The Morgan fingerprint density at radius 1 is 0.814 bits per heavy atom. The van der Waals surface area contributed by atoms with E-state index < -0.39 is 108 Å². The number of aliphatic hydroxyl groups excluding tert-OH is 2. The molecule has 2 saturated heterocycles. The maximum Gasteiger partial charge on any atom is 0.246 e. The highest BCUT2D eigenvalue weighted by molar-refractivity contribution is 7.80. The Balaban J connectivity index is 2.19. The number of hydrogen-bond donors (Lipinski definition) is 12. The number of likely N-dealkylation sites (tertiary alicyclic amines) is 1. The molecule has 22 heteroatoms. The number of carbonyl (C=O) groups is 8. The minimum atomic E-state index is -1.68. The van der Waals surface area contributed by atoms with E-state index in [0.717, 1.165) is 6.42 Å². The van der Waals surface area contributed by atoms with Crippen molar-refractivity contribution in [2.24, 2.45) is 17.4 Å². The summed E-state index contributed by atoms with van der Waals surface area (Å²) in [6.45, 7) is 5.03. The molecule has 2 fully saturated rings. The van der Waals surface area contributed by atoms with Crippen LogP contribution in [0.3, 0.4) is 0 Å². The molecule has 0 saturated carbocycles. The molecule has 0 spiro atoms. The lowest BCUT2D eigenvalue weighted by Gasteiger charge is -2.31. The lowest BCUT2D eigenvalue weighted by atomic mass is 9.97. The van der Waals surface area contributed by atoms with E-state index >= 15 is 0 Å². The van der Waals surface area contributed by atoms with E-state index in [9.17, 15) is 53.4 Å². The number of unbranched alkanes of at least 4 members (excludes halogenated alkanes) is 1. The van der Waals surface area contributed by atoms with Gasteiger partial charge in [0, 0.05) is 18.7 Å². The van der Waals surface area contributed by atoms with Gasteiger partial charge >= 0.3 is 0 Å². The Bertz CT molecular complexity index is 1470. The summed E-state index contributed by atoms with van der Waals surface area (Å²) in [6.07, 6.45) is 3.44. The maximum absolute atomic E-state index is 13.6. The Morgan fingerprint density at radius 2 is 1.41 bits per heavy atom. The number of nitrogens with one attached hydrogen (secondary N) is 7. The molecule has 0 aromatic rings. The van der Waals surface area contributed by atoms with Crippen molar-refractivity contribution in [3.8, 4) is 0 Å². The molecular weight excluding hydrogens is 793 g/mol. The molecule has 2 aliphatic rings. The van der Waals surface area contributed by atoms with Crippen LogP contribution in [0.4, 0.5) is 0 Å². The van der Waals surface area contributed by atoms with Crippen LogP contribution in [-0.4, -0.2) is 155 Å². The molecule has 2 aliphatic heterocycles. The van der Waals surface area contributed by atoms with Crippen molar-refractivity contribution in [1.82, 2.24) is 42.1 Å². The van der Waals surface area contributed by atoms with Crippen LogP contribution < -0.4 is 48.7 Å². The van der Waals surface area contributed by atoms with Gasteiger partial charge in [-0.2, -0.15) is 12.6 Å². The largest absolute Gasteiger partial charge is 0.394 e. The fourth-order valence-electron chi connectivity index (χ4n) is 6.62. The predicted octanol–water partition coefficient (Wildman–Crippen LogP) is -4.51. The van der Waals surface area contributed by atoms with Gasteiger partial charge in [0.15, 0.2) is 0 Å². The molecular formula is C37H63N10O11S. The molecule has 10 atom stereocenters. The van der Waals surface area contributed by atoms with Crippen molar-refractivity contribution in [3.63, 3.8) is 0 Å². The van der Waals surface area contributed by atoms with Gasteiger partial charge in [-0.15, -0.1) is 0 Å². The van der Waals surface area contributed by atoms with Crippen molar-refractivity contribution in [2.45, 2.75) is 139 Å². The lowest BCUT2D eigenvalue weighted by molar-refractivity contribution is -0.139. The summed E-state index contributed by atoms with van der Waals surface area (Å²) in [5.41, 5.74) is 10.9.